The second-order valence-corrected chi connectivity index (χ2v) is 3.42. The maximum Gasteiger partial charge on any atom is 0.344 e. The number of nitrogens with zero attached hydrogens (tertiary/aromatic N) is 1. The maximum absolute atomic E-state index is 13.4. The van der Waals surface area contributed by atoms with Crippen molar-refractivity contribution in [2.75, 3.05) is 13.2 Å². The van der Waals surface area contributed by atoms with Gasteiger partial charge < -0.3 is 9.47 Å². The summed E-state index contributed by atoms with van der Waals surface area (Å²) in [6, 6.07) is 1.93. The number of rotatable bonds is 5. The molecule has 0 spiro atoms. The first kappa shape index (κ1) is 13.9. The lowest BCUT2D eigenvalue weighted by molar-refractivity contribution is -0.385. The van der Waals surface area contributed by atoms with E-state index in [1.165, 1.54) is 13.0 Å². The average Bonchev–Trinajstić information content (AvgIpc) is 2.29. The summed E-state index contributed by atoms with van der Waals surface area (Å²) in [6.45, 7) is 2.84. The van der Waals surface area contributed by atoms with Gasteiger partial charge in [0.15, 0.2) is 18.2 Å². The van der Waals surface area contributed by atoms with Gasteiger partial charge >= 0.3 is 5.97 Å². The molecule has 0 fully saturated rings. The van der Waals surface area contributed by atoms with Gasteiger partial charge in [0.1, 0.15) is 0 Å². The Kier molecular flexibility index (Phi) is 4.59. The highest BCUT2D eigenvalue weighted by Gasteiger charge is 2.17. The van der Waals surface area contributed by atoms with Crippen molar-refractivity contribution < 1.29 is 23.6 Å². The number of ether oxygens (including phenoxy) is 2. The Morgan fingerprint density at radius 1 is 1.50 bits per heavy atom. The Morgan fingerprint density at radius 3 is 2.72 bits per heavy atom. The average molecular weight is 257 g/mol. The summed E-state index contributed by atoms with van der Waals surface area (Å²) in [6.07, 6.45) is 0. The van der Waals surface area contributed by atoms with Crippen LogP contribution in [0.15, 0.2) is 12.1 Å². The number of hydrogen-bond donors (Lipinski definition) is 0. The molecule has 98 valence electrons. The highest BCUT2D eigenvalue weighted by molar-refractivity contribution is 5.71. The van der Waals surface area contributed by atoms with Crippen LogP contribution in [0.25, 0.3) is 0 Å². The molecule has 6 nitrogen and oxygen atoms in total. The first-order valence-electron chi connectivity index (χ1n) is 5.18. The van der Waals surface area contributed by atoms with Gasteiger partial charge in [0, 0.05) is 5.56 Å². The minimum absolute atomic E-state index is 0.198. The third-order valence-corrected chi connectivity index (χ3v) is 2.10. The summed E-state index contributed by atoms with van der Waals surface area (Å²) in [4.78, 5) is 20.9. The van der Waals surface area contributed by atoms with E-state index in [2.05, 4.69) is 4.74 Å². The summed E-state index contributed by atoms with van der Waals surface area (Å²) in [5.74, 6) is -1.74. The van der Waals surface area contributed by atoms with Crippen molar-refractivity contribution >= 4 is 11.7 Å². The minimum Gasteiger partial charge on any atom is -0.479 e. The molecule has 0 radical (unpaired) electrons. The van der Waals surface area contributed by atoms with Gasteiger partial charge in [-0.15, -0.1) is 0 Å². The van der Waals surface area contributed by atoms with Crippen LogP contribution in [0.5, 0.6) is 5.75 Å². The molecule has 1 aromatic rings. The van der Waals surface area contributed by atoms with Gasteiger partial charge in [-0.3, -0.25) is 10.1 Å². The molecular formula is C11H12FNO5. The smallest absolute Gasteiger partial charge is 0.344 e. The Balaban J connectivity index is 2.82. The van der Waals surface area contributed by atoms with E-state index < -0.39 is 23.3 Å². The van der Waals surface area contributed by atoms with E-state index in [4.69, 9.17) is 4.74 Å². The van der Waals surface area contributed by atoms with Gasteiger partial charge in [-0.2, -0.15) is 0 Å². The van der Waals surface area contributed by atoms with E-state index in [-0.39, 0.29) is 23.6 Å². The molecule has 0 unspecified atom stereocenters. The van der Waals surface area contributed by atoms with Crippen molar-refractivity contribution in [1.29, 1.82) is 0 Å². The zero-order valence-corrected chi connectivity index (χ0v) is 9.94. The fraction of sp³-hybridized carbons (Fsp3) is 0.364. The summed E-state index contributed by atoms with van der Waals surface area (Å²) in [5, 5.41) is 10.6. The van der Waals surface area contributed by atoms with E-state index in [1.807, 2.05) is 0 Å². The number of esters is 1. The van der Waals surface area contributed by atoms with E-state index in [1.54, 1.807) is 6.92 Å². The van der Waals surface area contributed by atoms with E-state index in [0.717, 1.165) is 6.07 Å². The van der Waals surface area contributed by atoms with Crippen molar-refractivity contribution in [1.82, 2.24) is 0 Å². The van der Waals surface area contributed by atoms with Gasteiger partial charge in [-0.25, -0.2) is 9.18 Å². The monoisotopic (exact) mass is 257 g/mol. The number of carbonyl (C=O) groups excluding carboxylic acids is 1. The zero-order chi connectivity index (χ0) is 13.7. The Bertz CT molecular complexity index is 475. The van der Waals surface area contributed by atoms with Gasteiger partial charge in [0.05, 0.1) is 17.6 Å². The summed E-state index contributed by atoms with van der Waals surface area (Å²) >= 11 is 0. The molecule has 18 heavy (non-hydrogen) atoms. The Hall–Kier alpha value is -2.18. The zero-order valence-electron chi connectivity index (χ0n) is 9.94. The van der Waals surface area contributed by atoms with E-state index in [0.29, 0.717) is 0 Å². The molecule has 0 heterocycles. The van der Waals surface area contributed by atoms with Crippen LogP contribution in [0.1, 0.15) is 12.5 Å². The van der Waals surface area contributed by atoms with Crippen LogP contribution in [0.2, 0.25) is 0 Å². The predicted octanol–water partition coefficient (Wildman–Crippen LogP) is 1.98. The summed E-state index contributed by atoms with van der Waals surface area (Å²) < 4.78 is 22.9. The second-order valence-electron chi connectivity index (χ2n) is 3.42. The SMILES string of the molecule is CCOC(=O)COc1cc(C)c([N+](=O)[O-])cc1F. The van der Waals surface area contributed by atoms with Crippen LogP contribution >= 0.6 is 0 Å². The molecule has 0 N–H and O–H groups in total. The van der Waals surface area contributed by atoms with E-state index in [9.17, 15) is 19.3 Å². The lowest BCUT2D eigenvalue weighted by atomic mass is 10.2. The molecule has 7 heteroatoms. The third kappa shape index (κ3) is 3.41. The normalized spacial score (nSPS) is 9.94. The molecule has 0 saturated heterocycles. The highest BCUT2D eigenvalue weighted by Crippen LogP contribution is 2.26. The Labute approximate surface area is 102 Å². The Morgan fingerprint density at radius 2 is 2.17 bits per heavy atom. The number of carbonyl (C=O) groups is 1. The topological polar surface area (TPSA) is 78.7 Å². The molecule has 0 saturated carbocycles. The van der Waals surface area contributed by atoms with E-state index >= 15 is 0 Å². The van der Waals surface area contributed by atoms with Crippen LogP contribution in [0, 0.1) is 22.9 Å². The van der Waals surface area contributed by atoms with Crippen LogP contribution < -0.4 is 4.74 Å². The van der Waals surface area contributed by atoms with Gasteiger partial charge in [0.2, 0.25) is 0 Å². The molecule has 0 aliphatic heterocycles. The van der Waals surface area contributed by atoms with Crippen molar-refractivity contribution in [3.05, 3.63) is 33.6 Å². The van der Waals surface area contributed by atoms with Gasteiger partial charge in [-0.1, -0.05) is 0 Å². The van der Waals surface area contributed by atoms with Gasteiger partial charge in [0.25, 0.3) is 5.69 Å². The molecular weight excluding hydrogens is 245 g/mol. The highest BCUT2D eigenvalue weighted by atomic mass is 19.1. The standard InChI is InChI=1S/C11H12FNO5/c1-3-17-11(14)6-18-10-4-7(2)9(13(15)16)5-8(10)12/h4-5H,3,6H2,1-2H3. The molecule has 0 aliphatic carbocycles. The minimum atomic E-state index is -0.892. The summed E-state index contributed by atoms with van der Waals surface area (Å²) in [5.41, 5.74) is -0.0868. The number of nitro groups is 1. The molecule has 1 aromatic carbocycles. The molecule has 0 amide bonds. The maximum atomic E-state index is 13.4. The molecule has 0 atom stereocenters. The third-order valence-electron chi connectivity index (χ3n) is 2.10. The molecule has 0 bridgehead atoms. The molecule has 0 aromatic heterocycles. The number of aryl methyl sites for hydroxylation is 1. The van der Waals surface area contributed by atoms with Gasteiger partial charge in [-0.05, 0) is 19.9 Å². The van der Waals surface area contributed by atoms with Crippen LogP contribution in [-0.2, 0) is 9.53 Å². The van der Waals surface area contributed by atoms with Crippen molar-refractivity contribution in [3.8, 4) is 5.75 Å². The van der Waals surface area contributed by atoms with Crippen LogP contribution in [0.3, 0.4) is 0 Å². The lowest BCUT2D eigenvalue weighted by Gasteiger charge is -2.07. The molecule has 0 aliphatic rings. The number of benzene rings is 1. The van der Waals surface area contributed by atoms with Crippen LogP contribution in [0.4, 0.5) is 10.1 Å². The lowest BCUT2D eigenvalue weighted by Crippen LogP contribution is -2.15. The molecule has 1 rings (SSSR count). The number of hydrogen-bond acceptors (Lipinski definition) is 5. The van der Waals surface area contributed by atoms with Crippen molar-refractivity contribution in [2.24, 2.45) is 0 Å². The number of nitro benzene ring substituents is 1. The largest absolute Gasteiger partial charge is 0.479 e. The first-order valence-corrected chi connectivity index (χ1v) is 5.18. The van der Waals surface area contributed by atoms with Crippen LogP contribution in [-0.4, -0.2) is 24.1 Å². The van der Waals surface area contributed by atoms with Crippen molar-refractivity contribution in [3.63, 3.8) is 0 Å². The second kappa shape index (κ2) is 5.95. The summed E-state index contributed by atoms with van der Waals surface area (Å²) in [7, 11) is 0. The quantitative estimate of drug-likeness (QED) is 0.458. The van der Waals surface area contributed by atoms with Crippen molar-refractivity contribution in [2.45, 2.75) is 13.8 Å². The fourth-order valence-corrected chi connectivity index (χ4v) is 1.29. The predicted molar refractivity (Wildman–Crippen MR) is 59.9 cm³/mol. The number of halogens is 1. The fourth-order valence-electron chi connectivity index (χ4n) is 1.29. The first-order chi connectivity index (χ1) is 8.45.